The molecule has 0 aromatic carbocycles. The predicted molar refractivity (Wildman–Crippen MR) is 102 cm³/mol. The number of aliphatic hydroxyl groups excluding tert-OH is 1. The van der Waals surface area contributed by atoms with Gasteiger partial charge < -0.3 is 5.11 Å². The minimum absolute atomic E-state index is 0.157. The van der Waals surface area contributed by atoms with Crippen molar-refractivity contribution in [3.63, 3.8) is 0 Å². The van der Waals surface area contributed by atoms with E-state index >= 15 is 0 Å². The first-order chi connectivity index (χ1) is 11.4. The molecule has 0 aromatic rings. The second kappa shape index (κ2) is 15.2. The van der Waals surface area contributed by atoms with E-state index < -0.39 is 21.5 Å². The molecule has 2 unspecified atom stereocenters. The molecule has 5 heteroatoms. The summed E-state index contributed by atoms with van der Waals surface area (Å²) in [5.74, 6) is 0. The maximum Gasteiger partial charge on any atom is 0.267 e. The summed E-state index contributed by atoms with van der Waals surface area (Å²) in [6, 6.07) is 0. The van der Waals surface area contributed by atoms with E-state index in [-0.39, 0.29) is 6.42 Å². The highest BCUT2D eigenvalue weighted by atomic mass is 32.2. The van der Waals surface area contributed by atoms with Crippen molar-refractivity contribution in [2.45, 2.75) is 122 Å². The van der Waals surface area contributed by atoms with Crippen molar-refractivity contribution < 1.29 is 18.1 Å². The van der Waals surface area contributed by atoms with Crippen LogP contribution >= 0.6 is 0 Å². The SMILES string of the molecule is CCCCCCCCCCCCCC(O)CC(CCC)S(=O)(=O)O. The Morgan fingerprint density at radius 1 is 0.708 bits per heavy atom. The molecule has 0 aliphatic carbocycles. The summed E-state index contributed by atoms with van der Waals surface area (Å²) in [7, 11) is -4.04. The van der Waals surface area contributed by atoms with Crippen LogP contribution in [-0.2, 0) is 10.1 Å². The Morgan fingerprint density at radius 3 is 1.58 bits per heavy atom. The highest BCUT2D eigenvalue weighted by Gasteiger charge is 2.24. The Labute approximate surface area is 150 Å². The average molecular weight is 365 g/mol. The van der Waals surface area contributed by atoms with Crippen LogP contribution in [0.5, 0.6) is 0 Å². The normalized spacial score (nSPS) is 14.7. The van der Waals surface area contributed by atoms with Gasteiger partial charge in [0.15, 0.2) is 0 Å². The van der Waals surface area contributed by atoms with Crippen molar-refractivity contribution in [1.82, 2.24) is 0 Å². The smallest absolute Gasteiger partial charge is 0.267 e. The zero-order chi connectivity index (χ0) is 18.3. The van der Waals surface area contributed by atoms with Gasteiger partial charge in [0.2, 0.25) is 0 Å². The molecule has 146 valence electrons. The van der Waals surface area contributed by atoms with Crippen LogP contribution in [0.3, 0.4) is 0 Å². The molecule has 0 saturated carbocycles. The Hall–Kier alpha value is -0.130. The molecule has 0 bridgehead atoms. The van der Waals surface area contributed by atoms with Crippen LogP contribution in [0.1, 0.15) is 110 Å². The number of unbranched alkanes of at least 4 members (excludes halogenated alkanes) is 10. The number of aliphatic hydroxyl groups is 1. The third-order valence-corrected chi connectivity index (χ3v) is 5.98. The minimum Gasteiger partial charge on any atom is -0.393 e. The lowest BCUT2D eigenvalue weighted by atomic mass is 10.0. The lowest BCUT2D eigenvalue weighted by molar-refractivity contribution is 0.147. The predicted octanol–water partition coefficient (Wildman–Crippen LogP) is 5.50. The Kier molecular flexibility index (Phi) is 15.1. The highest BCUT2D eigenvalue weighted by molar-refractivity contribution is 7.86. The van der Waals surface area contributed by atoms with Gasteiger partial charge >= 0.3 is 0 Å². The molecule has 24 heavy (non-hydrogen) atoms. The van der Waals surface area contributed by atoms with Crippen molar-refractivity contribution in [3.05, 3.63) is 0 Å². The van der Waals surface area contributed by atoms with Gasteiger partial charge in [-0.3, -0.25) is 4.55 Å². The Bertz CT molecular complexity index is 368. The summed E-state index contributed by atoms with van der Waals surface area (Å²) in [5, 5.41) is 9.16. The van der Waals surface area contributed by atoms with Crippen molar-refractivity contribution in [3.8, 4) is 0 Å². The molecule has 0 aliphatic rings. The molecule has 0 fully saturated rings. The number of hydrogen-bond acceptors (Lipinski definition) is 3. The first kappa shape index (κ1) is 23.9. The van der Waals surface area contributed by atoms with E-state index in [4.69, 9.17) is 0 Å². The fourth-order valence-corrected chi connectivity index (χ4v) is 4.17. The topological polar surface area (TPSA) is 74.6 Å². The lowest BCUT2D eigenvalue weighted by Crippen LogP contribution is -2.26. The van der Waals surface area contributed by atoms with E-state index in [1.165, 1.54) is 57.8 Å². The first-order valence-electron chi connectivity index (χ1n) is 10.1. The average Bonchev–Trinajstić information content (AvgIpc) is 2.51. The quantitative estimate of drug-likeness (QED) is 0.264. The molecular formula is C19H40O4S. The van der Waals surface area contributed by atoms with Gasteiger partial charge in [0.25, 0.3) is 10.1 Å². The fourth-order valence-electron chi connectivity index (χ4n) is 3.18. The molecule has 2 N–H and O–H groups in total. The molecule has 0 radical (unpaired) electrons. The molecule has 4 nitrogen and oxygen atoms in total. The standard InChI is InChI=1S/C19H40O4S/c1-3-5-6-7-8-9-10-11-12-13-14-16-18(20)17-19(15-4-2)24(21,22)23/h18-20H,3-17H2,1-2H3,(H,21,22,23). The van der Waals surface area contributed by atoms with Crippen LogP contribution in [0, 0.1) is 0 Å². The van der Waals surface area contributed by atoms with E-state index in [2.05, 4.69) is 6.92 Å². The third kappa shape index (κ3) is 14.2. The van der Waals surface area contributed by atoms with Gasteiger partial charge in [0, 0.05) is 0 Å². The Balaban J connectivity index is 3.56. The molecule has 0 spiro atoms. The Morgan fingerprint density at radius 2 is 1.17 bits per heavy atom. The summed E-state index contributed by atoms with van der Waals surface area (Å²) < 4.78 is 31.7. The van der Waals surface area contributed by atoms with Gasteiger partial charge in [-0.2, -0.15) is 8.42 Å². The van der Waals surface area contributed by atoms with Gasteiger partial charge in [-0.25, -0.2) is 0 Å². The summed E-state index contributed by atoms with van der Waals surface area (Å²) in [6.07, 6.45) is 15.1. The summed E-state index contributed by atoms with van der Waals surface area (Å²) in [6.45, 7) is 4.12. The zero-order valence-electron chi connectivity index (χ0n) is 15.9. The van der Waals surface area contributed by atoms with Crippen molar-refractivity contribution in [1.29, 1.82) is 0 Å². The van der Waals surface area contributed by atoms with Crippen LogP contribution < -0.4 is 0 Å². The fraction of sp³-hybridized carbons (Fsp3) is 1.00. The van der Waals surface area contributed by atoms with E-state index in [9.17, 15) is 18.1 Å². The zero-order valence-corrected chi connectivity index (χ0v) is 16.7. The van der Waals surface area contributed by atoms with Crippen LogP contribution in [0.15, 0.2) is 0 Å². The summed E-state index contributed by atoms with van der Waals surface area (Å²) >= 11 is 0. The number of rotatable bonds is 17. The van der Waals surface area contributed by atoms with Crippen molar-refractivity contribution in [2.75, 3.05) is 0 Å². The van der Waals surface area contributed by atoms with Gasteiger partial charge in [-0.15, -0.1) is 0 Å². The van der Waals surface area contributed by atoms with Crippen molar-refractivity contribution in [2.24, 2.45) is 0 Å². The van der Waals surface area contributed by atoms with E-state index in [1.54, 1.807) is 0 Å². The van der Waals surface area contributed by atoms with Crippen LogP contribution in [-0.4, -0.2) is 29.4 Å². The van der Waals surface area contributed by atoms with Gasteiger partial charge in [0.05, 0.1) is 11.4 Å². The third-order valence-electron chi connectivity index (χ3n) is 4.71. The molecule has 0 aromatic heterocycles. The highest BCUT2D eigenvalue weighted by Crippen LogP contribution is 2.18. The minimum atomic E-state index is -4.04. The monoisotopic (exact) mass is 364 g/mol. The van der Waals surface area contributed by atoms with Crippen LogP contribution in [0.2, 0.25) is 0 Å². The maximum absolute atomic E-state index is 11.3. The van der Waals surface area contributed by atoms with Gasteiger partial charge in [0.1, 0.15) is 0 Å². The molecule has 2 atom stereocenters. The van der Waals surface area contributed by atoms with Crippen LogP contribution in [0.4, 0.5) is 0 Å². The molecule has 0 saturated heterocycles. The summed E-state index contributed by atoms with van der Waals surface area (Å²) in [4.78, 5) is 0. The van der Waals surface area contributed by atoms with E-state index in [0.29, 0.717) is 19.3 Å². The second-order valence-electron chi connectivity index (χ2n) is 7.14. The van der Waals surface area contributed by atoms with E-state index in [0.717, 1.165) is 12.8 Å². The number of hydrogen-bond donors (Lipinski definition) is 2. The molecular weight excluding hydrogens is 324 g/mol. The molecule has 0 aliphatic heterocycles. The van der Waals surface area contributed by atoms with Crippen LogP contribution in [0.25, 0.3) is 0 Å². The lowest BCUT2D eigenvalue weighted by Gasteiger charge is -2.17. The maximum atomic E-state index is 11.3. The van der Waals surface area contributed by atoms with Crippen molar-refractivity contribution >= 4 is 10.1 Å². The summed E-state index contributed by atoms with van der Waals surface area (Å²) in [5.41, 5.74) is 0. The largest absolute Gasteiger partial charge is 0.393 e. The molecule has 0 rings (SSSR count). The van der Waals surface area contributed by atoms with E-state index in [1.807, 2.05) is 6.92 Å². The molecule has 0 amide bonds. The van der Waals surface area contributed by atoms with Gasteiger partial charge in [-0.05, 0) is 19.3 Å². The second-order valence-corrected chi connectivity index (χ2v) is 8.84. The molecule has 0 heterocycles. The van der Waals surface area contributed by atoms with Gasteiger partial charge in [-0.1, -0.05) is 90.9 Å². The first-order valence-corrected chi connectivity index (χ1v) is 11.6.